The summed E-state index contributed by atoms with van der Waals surface area (Å²) in [4.78, 5) is 16.0. The van der Waals surface area contributed by atoms with Crippen molar-refractivity contribution in [1.29, 1.82) is 5.26 Å². The van der Waals surface area contributed by atoms with E-state index in [4.69, 9.17) is 9.68 Å². The van der Waals surface area contributed by atoms with Gasteiger partial charge in [0.25, 0.3) is 5.91 Å². The third-order valence-electron chi connectivity index (χ3n) is 3.72. The van der Waals surface area contributed by atoms with Gasteiger partial charge in [0.1, 0.15) is 17.4 Å². The van der Waals surface area contributed by atoms with E-state index >= 15 is 0 Å². The Labute approximate surface area is 149 Å². The van der Waals surface area contributed by atoms with Crippen LogP contribution < -0.4 is 10.6 Å². The van der Waals surface area contributed by atoms with E-state index in [0.717, 1.165) is 5.56 Å². The van der Waals surface area contributed by atoms with Crippen LogP contribution in [0, 0.1) is 17.1 Å². The number of halogens is 1. The number of amides is 1. The molecule has 1 aromatic heterocycles. The number of carbonyl (C=O) groups is 1. The van der Waals surface area contributed by atoms with Crippen molar-refractivity contribution in [2.75, 3.05) is 18.4 Å². The van der Waals surface area contributed by atoms with Crippen molar-refractivity contribution in [3.63, 3.8) is 0 Å². The largest absolute Gasteiger partial charge is 0.444 e. The molecule has 130 valence electrons. The standard InChI is InChI=1S/C19H15FN4O2/c20-16-2-1-3-17(15(16)10-21)23-8-9-24-19(25)14-6-4-13(5-7-14)18-11-22-12-26-18/h1-7,11-12,23H,8-9H2,(H,24,25). The number of carbonyl (C=O) groups excluding carboxylic acids is 1. The molecule has 0 radical (unpaired) electrons. The van der Waals surface area contributed by atoms with E-state index in [9.17, 15) is 9.18 Å². The van der Waals surface area contributed by atoms with Crippen molar-refractivity contribution in [3.05, 3.63) is 72.0 Å². The van der Waals surface area contributed by atoms with E-state index in [1.54, 1.807) is 36.5 Å². The molecule has 3 aromatic rings. The summed E-state index contributed by atoms with van der Waals surface area (Å²) in [6, 6.07) is 13.1. The highest BCUT2D eigenvalue weighted by atomic mass is 19.1. The second kappa shape index (κ2) is 7.94. The molecule has 0 saturated carbocycles. The second-order valence-electron chi connectivity index (χ2n) is 5.40. The Morgan fingerprint density at radius 3 is 2.69 bits per heavy atom. The molecule has 0 atom stereocenters. The van der Waals surface area contributed by atoms with Crippen molar-refractivity contribution in [2.45, 2.75) is 0 Å². The van der Waals surface area contributed by atoms with Crippen LogP contribution in [0.4, 0.5) is 10.1 Å². The van der Waals surface area contributed by atoms with Gasteiger partial charge >= 0.3 is 0 Å². The molecule has 0 spiro atoms. The van der Waals surface area contributed by atoms with E-state index in [0.29, 0.717) is 30.1 Å². The maximum atomic E-state index is 13.5. The molecular formula is C19H15FN4O2. The minimum Gasteiger partial charge on any atom is -0.444 e. The van der Waals surface area contributed by atoms with Crippen LogP contribution in [0.25, 0.3) is 11.3 Å². The zero-order valence-corrected chi connectivity index (χ0v) is 13.7. The fourth-order valence-electron chi connectivity index (χ4n) is 2.40. The number of anilines is 1. The normalized spacial score (nSPS) is 10.2. The van der Waals surface area contributed by atoms with Crippen LogP contribution in [0.3, 0.4) is 0 Å². The number of rotatable bonds is 6. The van der Waals surface area contributed by atoms with E-state index in [2.05, 4.69) is 15.6 Å². The van der Waals surface area contributed by atoms with Gasteiger partial charge in [-0.2, -0.15) is 5.26 Å². The summed E-state index contributed by atoms with van der Waals surface area (Å²) >= 11 is 0. The Kier molecular flexibility index (Phi) is 5.25. The molecule has 0 aliphatic rings. The summed E-state index contributed by atoms with van der Waals surface area (Å²) in [5.41, 5.74) is 1.70. The molecule has 0 aliphatic heterocycles. The number of nitrogens with one attached hydrogen (secondary N) is 2. The fourth-order valence-corrected chi connectivity index (χ4v) is 2.40. The molecule has 6 nitrogen and oxygen atoms in total. The zero-order valence-electron chi connectivity index (χ0n) is 13.7. The maximum Gasteiger partial charge on any atom is 0.251 e. The molecule has 3 rings (SSSR count). The Morgan fingerprint density at radius 1 is 1.19 bits per heavy atom. The number of nitriles is 1. The lowest BCUT2D eigenvalue weighted by atomic mass is 10.1. The van der Waals surface area contributed by atoms with Gasteiger partial charge in [-0.1, -0.05) is 18.2 Å². The van der Waals surface area contributed by atoms with Gasteiger partial charge in [-0.3, -0.25) is 4.79 Å². The van der Waals surface area contributed by atoms with E-state index < -0.39 is 5.82 Å². The van der Waals surface area contributed by atoms with Gasteiger partial charge in [-0.15, -0.1) is 0 Å². The molecular weight excluding hydrogens is 335 g/mol. The minimum atomic E-state index is -0.576. The van der Waals surface area contributed by atoms with Crippen LogP contribution in [0.5, 0.6) is 0 Å². The molecule has 26 heavy (non-hydrogen) atoms. The molecule has 0 bridgehead atoms. The van der Waals surface area contributed by atoms with Gasteiger partial charge in [0.2, 0.25) is 0 Å². The Bertz CT molecular complexity index is 931. The topological polar surface area (TPSA) is 91.0 Å². The number of benzene rings is 2. The van der Waals surface area contributed by atoms with Crippen molar-refractivity contribution in [1.82, 2.24) is 10.3 Å². The smallest absolute Gasteiger partial charge is 0.251 e. The lowest BCUT2D eigenvalue weighted by Gasteiger charge is -2.10. The van der Waals surface area contributed by atoms with Crippen LogP contribution in [-0.2, 0) is 0 Å². The zero-order chi connectivity index (χ0) is 18.4. The molecule has 1 heterocycles. The number of hydrogen-bond donors (Lipinski definition) is 2. The van der Waals surface area contributed by atoms with Crippen LogP contribution in [-0.4, -0.2) is 24.0 Å². The quantitative estimate of drug-likeness (QED) is 0.666. The number of hydrogen-bond acceptors (Lipinski definition) is 5. The van der Waals surface area contributed by atoms with E-state index in [1.807, 2.05) is 6.07 Å². The lowest BCUT2D eigenvalue weighted by Crippen LogP contribution is -2.28. The van der Waals surface area contributed by atoms with Gasteiger partial charge in [-0.05, 0) is 24.3 Å². The highest BCUT2D eigenvalue weighted by Crippen LogP contribution is 2.19. The molecule has 2 N–H and O–H groups in total. The molecule has 2 aromatic carbocycles. The predicted molar refractivity (Wildman–Crippen MR) is 93.9 cm³/mol. The van der Waals surface area contributed by atoms with Gasteiger partial charge < -0.3 is 15.1 Å². The Balaban J connectivity index is 1.52. The molecule has 0 unspecified atom stereocenters. The predicted octanol–water partition coefficient (Wildman–Crippen LogP) is 3.19. The lowest BCUT2D eigenvalue weighted by molar-refractivity contribution is 0.0955. The highest BCUT2D eigenvalue weighted by Gasteiger charge is 2.08. The Hall–Kier alpha value is -3.66. The summed E-state index contributed by atoms with van der Waals surface area (Å²) in [6.07, 6.45) is 2.95. The first-order valence-electron chi connectivity index (χ1n) is 7.88. The highest BCUT2D eigenvalue weighted by molar-refractivity contribution is 5.94. The Morgan fingerprint density at radius 2 is 2.00 bits per heavy atom. The number of nitrogens with zero attached hydrogens (tertiary/aromatic N) is 2. The number of oxazole rings is 1. The first kappa shape index (κ1) is 17.2. The third-order valence-corrected chi connectivity index (χ3v) is 3.72. The molecule has 7 heteroatoms. The third kappa shape index (κ3) is 3.87. The van der Waals surface area contributed by atoms with Crippen molar-refractivity contribution >= 4 is 11.6 Å². The van der Waals surface area contributed by atoms with Crippen molar-refractivity contribution in [3.8, 4) is 17.4 Å². The first-order chi connectivity index (χ1) is 12.7. The summed E-state index contributed by atoms with van der Waals surface area (Å²) in [5, 5.41) is 14.7. The fraction of sp³-hybridized carbons (Fsp3) is 0.105. The van der Waals surface area contributed by atoms with Crippen LogP contribution >= 0.6 is 0 Å². The van der Waals surface area contributed by atoms with E-state index in [-0.39, 0.29) is 11.5 Å². The average molecular weight is 350 g/mol. The van der Waals surface area contributed by atoms with Crippen LogP contribution in [0.15, 0.2) is 59.5 Å². The van der Waals surface area contributed by atoms with Gasteiger partial charge in [-0.25, -0.2) is 9.37 Å². The SMILES string of the molecule is N#Cc1c(F)cccc1NCCNC(=O)c1ccc(-c2cnco2)cc1. The minimum absolute atomic E-state index is 0.0400. The van der Waals surface area contributed by atoms with Gasteiger partial charge in [0, 0.05) is 24.2 Å². The summed E-state index contributed by atoms with van der Waals surface area (Å²) < 4.78 is 18.7. The number of aromatic nitrogens is 1. The average Bonchev–Trinajstić information content (AvgIpc) is 3.20. The molecule has 1 amide bonds. The van der Waals surface area contributed by atoms with Gasteiger partial charge in [0.05, 0.1) is 11.9 Å². The van der Waals surface area contributed by atoms with Crippen molar-refractivity contribution in [2.24, 2.45) is 0 Å². The maximum absolute atomic E-state index is 13.5. The summed E-state index contributed by atoms with van der Waals surface area (Å²) in [7, 11) is 0. The summed E-state index contributed by atoms with van der Waals surface area (Å²) in [6.45, 7) is 0.685. The second-order valence-corrected chi connectivity index (χ2v) is 5.40. The molecule has 0 saturated heterocycles. The molecule has 0 aliphatic carbocycles. The molecule has 0 fully saturated rings. The summed E-state index contributed by atoms with van der Waals surface area (Å²) in [5.74, 6) is -0.173. The van der Waals surface area contributed by atoms with Crippen LogP contribution in [0.1, 0.15) is 15.9 Å². The first-order valence-corrected chi connectivity index (χ1v) is 7.88. The van der Waals surface area contributed by atoms with Crippen LogP contribution in [0.2, 0.25) is 0 Å². The van der Waals surface area contributed by atoms with Crippen molar-refractivity contribution < 1.29 is 13.6 Å². The monoisotopic (exact) mass is 350 g/mol. The van der Waals surface area contributed by atoms with E-state index in [1.165, 1.54) is 18.5 Å². The van der Waals surface area contributed by atoms with Gasteiger partial charge in [0.15, 0.2) is 12.2 Å².